The average Bonchev–Trinajstić information content (AvgIpc) is 2.54. The summed E-state index contributed by atoms with van der Waals surface area (Å²) in [5.74, 6) is -0.144. The van der Waals surface area contributed by atoms with Crippen LogP contribution in [0.15, 0.2) is 51.8 Å². The van der Waals surface area contributed by atoms with Gasteiger partial charge in [-0.25, -0.2) is 8.42 Å². The summed E-state index contributed by atoms with van der Waals surface area (Å²) in [7, 11) is -2.55. The number of carbonyl (C=O) groups excluding carboxylic acids is 1. The molecule has 0 aromatic heterocycles. The smallest absolute Gasteiger partial charge is 0.265 e. The van der Waals surface area contributed by atoms with Gasteiger partial charge in [0.05, 0.1) is 18.4 Å². The van der Waals surface area contributed by atoms with Gasteiger partial charge in [-0.15, -0.1) is 0 Å². The third kappa shape index (κ3) is 4.73. The second kappa shape index (κ2) is 7.88. The topological polar surface area (TPSA) is 84.5 Å². The highest BCUT2D eigenvalue weighted by atomic mass is 79.9. The molecule has 0 aliphatic heterocycles. The SMILES string of the molecule is COc1ccc(Br)cc1S(=O)(=O)Nc1ccccc1C(=O)NC(C)C. The van der Waals surface area contributed by atoms with Gasteiger partial charge in [0.15, 0.2) is 0 Å². The summed E-state index contributed by atoms with van der Waals surface area (Å²) < 4.78 is 33.8. The Bertz CT molecular complexity index is 882. The summed E-state index contributed by atoms with van der Waals surface area (Å²) in [4.78, 5) is 12.3. The average molecular weight is 427 g/mol. The first-order valence-electron chi connectivity index (χ1n) is 7.51. The van der Waals surface area contributed by atoms with Crippen molar-refractivity contribution in [2.24, 2.45) is 0 Å². The van der Waals surface area contributed by atoms with Crippen LogP contribution in [0.5, 0.6) is 5.75 Å². The van der Waals surface area contributed by atoms with Crippen LogP contribution in [0.25, 0.3) is 0 Å². The summed E-state index contributed by atoms with van der Waals surface area (Å²) in [5.41, 5.74) is 0.441. The lowest BCUT2D eigenvalue weighted by Crippen LogP contribution is -2.31. The highest BCUT2D eigenvalue weighted by Gasteiger charge is 2.22. The van der Waals surface area contributed by atoms with E-state index in [-0.39, 0.29) is 33.8 Å². The minimum absolute atomic E-state index is 0.0246. The van der Waals surface area contributed by atoms with Crippen LogP contribution in [0.3, 0.4) is 0 Å². The molecule has 0 atom stereocenters. The van der Waals surface area contributed by atoms with Gasteiger partial charge in [0, 0.05) is 10.5 Å². The van der Waals surface area contributed by atoms with Crippen LogP contribution >= 0.6 is 15.9 Å². The number of anilines is 1. The van der Waals surface area contributed by atoms with E-state index in [1.807, 2.05) is 13.8 Å². The van der Waals surface area contributed by atoms with E-state index in [0.29, 0.717) is 4.47 Å². The van der Waals surface area contributed by atoms with E-state index in [9.17, 15) is 13.2 Å². The first kappa shape index (κ1) is 19.3. The molecule has 0 aliphatic carbocycles. The van der Waals surface area contributed by atoms with Crippen LogP contribution in [0.1, 0.15) is 24.2 Å². The predicted octanol–water partition coefficient (Wildman–Crippen LogP) is 3.40. The number of benzene rings is 2. The van der Waals surface area contributed by atoms with Crippen molar-refractivity contribution in [2.75, 3.05) is 11.8 Å². The number of ether oxygens (including phenoxy) is 1. The monoisotopic (exact) mass is 426 g/mol. The Kier molecular flexibility index (Phi) is 6.07. The van der Waals surface area contributed by atoms with Crippen LogP contribution in [0, 0.1) is 0 Å². The highest BCUT2D eigenvalue weighted by molar-refractivity contribution is 9.10. The summed E-state index contributed by atoms with van der Waals surface area (Å²) in [6.07, 6.45) is 0. The molecule has 1 amide bonds. The Balaban J connectivity index is 2.43. The fourth-order valence-electron chi connectivity index (χ4n) is 2.17. The Morgan fingerprint density at radius 2 is 1.84 bits per heavy atom. The van der Waals surface area contributed by atoms with Crippen molar-refractivity contribution in [2.45, 2.75) is 24.8 Å². The maximum Gasteiger partial charge on any atom is 0.265 e. The lowest BCUT2D eigenvalue weighted by molar-refractivity contribution is 0.0944. The van der Waals surface area contributed by atoms with Crippen molar-refractivity contribution in [3.05, 3.63) is 52.5 Å². The number of para-hydroxylation sites is 1. The number of sulfonamides is 1. The minimum Gasteiger partial charge on any atom is -0.495 e. The molecule has 0 heterocycles. The van der Waals surface area contributed by atoms with Gasteiger partial charge in [-0.1, -0.05) is 28.1 Å². The molecule has 134 valence electrons. The Labute approximate surface area is 155 Å². The lowest BCUT2D eigenvalue weighted by Gasteiger charge is -2.15. The minimum atomic E-state index is -3.95. The number of nitrogens with one attached hydrogen (secondary N) is 2. The van der Waals surface area contributed by atoms with E-state index in [2.05, 4.69) is 26.0 Å². The Morgan fingerprint density at radius 1 is 1.16 bits per heavy atom. The molecule has 2 rings (SSSR count). The molecule has 0 bridgehead atoms. The molecular formula is C17H19BrN2O4S. The normalized spacial score (nSPS) is 11.2. The van der Waals surface area contributed by atoms with Crippen molar-refractivity contribution in [1.82, 2.24) is 5.32 Å². The molecule has 6 nitrogen and oxygen atoms in total. The number of methoxy groups -OCH3 is 1. The number of hydrogen-bond acceptors (Lipinski definition) is 4. The Morgan fingerprint density at radius 3 is 2.48 bits per heavy atom. The number of rotatable bonds is 6. The third-order valence-corrected chi connectivity index (χ3v) is 5.13. The van der Waals surface area contributed by atoms with E-state index in [4.69, 9.17) is 4.74 Å². The second-order valence-corrected chi connectivity index (χ2v) is 8.14. The maximum atomic E-state index is 12.8. The number of carbonyl (C=O) groups is 1. The number of halogens is 1. The number of hydrogen-bond donors (Lipinski definition) is 2. The van der Waals surface area contributed by atoms with Crippen molar-refractivity contribution >= 4 is 37.5 Å². The molecule has 8 heteroatoms. The molecule has 0 spiro atoms. The Hall–Kier alpha value is -2.06. The van der Waals surface area contributed by atoms with Crippen molar-refractivity contribution in [3.63, 3.8) is 0 Å². The molecule has 2 N–H and O–H groups in total. The fourth-order valence-corrected chi connectivity index (χ4v) is 3.96. The highest BCUT2D eigenvalue weighted by Crippen LogP contribution is 2.29. The lowest BCUT2D eigenvalue weighted by atomic mass is 10.1. The predicted molar refractivity (Wildman–Crippen MR) is 101 cm³/mol. The van der Waals surface area contributed by atoms with Gasteiger partial charge in [-0.2, -0.15) is 0 Å². The first-order chi connectivity index (χ1) is 11.7. The van der Waals surface area contributed by atoms with Gasteiger partial charge in [-0.05, 0) is 44.2 Å². The van der Waals surface area contributed by atoms with Gasteiger partial charge in [-0.3, -0.25) is 9.52 Å². The zero-order chi connectivity index (χ0) is 18.6. The number of amides is 1. The molecule has 0 aliphatic rings. The van der Waals surface area contributed by atoms with Crippen LogP contribution in [-0.2, 0) is 10.0 Å². The van der Waals surface area contributed by atoms with Gasteiger partial charge in [0.1, 0.15) is 10.6 Å². The largest absolute Gasteiger partial charge is 0.495 e. The fraction of sp³-hybridized carbons (Fsp3) is 0.235. The summed E-state index contributed by atoms with van der Waals surface area (Å²) in [6.45, 7) is 3.66. The van der Waals surface area contributed by atoms with Crippen molar-refractivity contribution < 1.29 is 17.9 Å². The van der Waals surface area contributed by atoms with E-state index in [1.54, 1.807) is 30.3 Å². The van der Waals surface area contributed by atoms with E-state index in [0.717, 1.165) is 0 Å². The molecule has 0 unspecified atom stereocenters. The summed E-state index contributed by atoms with van der Waals surface area (Å²) >= 11 is 3.26. The van der Waals surface area contributed by atoms with Crippen molar-refractivity contribution in [3.8, 4) is 5.75 Å². The van der Waals surface area contributed by atoms with Crippen LogP contribution in [-0.4, -0.2) is 27.5 Å². The van der Waals surface area contributed by atoms with Crippen LogP contribution < -0.4 is 14.8 Å². The van der Waals surface area contributed by atoms with Gasteiger partial charge in [0.25, 0.3) is 15.9 Å². The molecule has 25 heavy (non-hydrogen) atoms. The van der Waals surface area contributed by atoms with Gasteiger partial charge < -0.3 is 10.1 Å². The standard InChI is InChI=1S/C17H19BrN2O4S/c1-11(2)19-17(21)13-6-4-5-7-14(13)20-25(22,23)16-10-12(18)8-9-15(16)24-3/h4-11,20H,1-3H3,(H,19,21). The van der Waals surface area contributed by atoms with E-state index < -0.39 is 10.0 Å². The van der Waals surface area contributed by atoms with Gasteiger partial charge >= 0.3 is 0 Å². The van der Waals surface area contributed by atoms with E-state index in [1.165, 1.54) is 19.2 Å². The van der Waals surface area contributed by atoms with Gasteiger partial charge in [0.2, 0.25) is 0 Å². The summed E-state index contributed by atoms with van der Waals surface area (Å²) in [6, 6.07) is 11.0. The molecular weight excluding hydrogens is 408 g/mol. The molecule has 0 saturated heterocycles. The zero-order valence-corrected chi connectivity index (χ0v) is 16.4. The van der Waals surface area contributed by atoms with Crippen LogP contribution in [0.2, 0.25) is 0 Å². The van der Waals surface area contributed by atoms with Crippen LogP contribution in [0.4, 0.5) is 5.69 Å². The summed E-state index contributed by atoms with van der Waals surface area (Å²) in [5, 5.41) is 2.75. The van der Waals surface area contributed by atoms with Crippen molar-refractivity contribution in [1.29, 1.82) is 0 Å². The molecule has 2 aromatic carbocycles. The third-order valence-electron chi connectivity index (χ3n) is 3.25. The first-order valence-corrected chi connectivity index (χ1v) is 9.78. The second-order valence-electron chi connectivity index (χ2n) is 5.57. The maximum absolute atomic E-state index is 12.8. The van der Waals surface area contributed by atoms with E-state index >= 15 is 0 Å². The molecule has 0 saturated carbocycles. The zero-order valence-electron chi connectivity index (χ0n) is 14.0. The molecule has 0 fully saturated rings. The quantitative estimate of drug-likeness (QED) is 0.740. The molecule has 0 radical (unpaired) electrons. The molecule has 2 aromatic rings.